The predicted molar refractivity (Wildman–Crippen MR) is 200 cm³/mol. The lowest BCUT2D eigenvalue weighted by Crippen LogP contribution is -2.15. The van der Waals surface area contributed by atoms with Gasteiger partial charge in [0.15, 0.2) is 0 Å². The summed E-state index contributed by atoms with van der Waals surface area (Å²) in [5.74, 6) is -1.20. The Hall–Kier alpha value is -1.42. The van der Waals surface area contributed by atoms with Crippen LogP contribution < -0.4 is 0 Å². The summed E-state index contributed by atoms with van der Waals surface area (Å²) in [5.41, 5.74) is 0. The molecule has 0 aromatic carbocycles. The molecule has 0 amide bonds. The van der Waals surface area contributed by atoms with Crippen molar-refractivity contribution in [1.82, 2.24) is 0 Å². The van der Waals surface area contributed by atoms with Crippen molar-refractivity contribution in [3.63, 3.8) is 0 Å². The normalized spacial score (nSPS) is 11.4. The van der Waals surface area contributed by atoms with E-state index in [1.165, 1.54) is 77.0 Å². The molecule has 0 aliphatic carbocycles. The van der Waals surface area contributed by atoms with E-state index in [-0.39, 0.29) is 32.0 Å². The fourth-order valence-electron chi connectivity index (χ4n) is 4.92. The Bertz CT molecular complexity index is 714. The highest BCUT2D eigenvalue weighted by Crippen LogP contribution is 2.12. The second-order valence-electron chi connectivity index (χ2n) is 12.6. The highest BCUT2D eigenvalue weighted by molar-refractivity contribution is 5.69. The van der Waals surface area contributed by atoms with E-state index in [1.807, 2.05) is 0 Å². The number of unbranched alkanes of at least 4 members (excludes halogenated alkanes) is 13. The molecule has 0 atom stereocenters. The molecule has 0 saturated heterocycles. The van der Waals surface area contributed by atoms with Crippen molar-refractivity contribution in [2.24, 2.45) is 0 Å². The molecule has 1 N–H and O–H groups in total. The average Bonchev–Trinajstić information content (AvgIpc) is 3.14. The molecule has 0 radical (unpaired) electrons. The smallest absolute Gasteiger partial charge is 0.305 e. The van der Waals surface area contributed by atoms with Gasteiger partial charge < -0.3 is 52.5 Å². The molecule has 0 saturated carbocycles. The molecule has 0 heterocycles. The first-order valence-corrected chi connectivity index (χ1v) is 20.2. The van der Waals surface area contributed by atoms with Crippen LogP contribution in [-0.2, 0) is 57.0 Å². The predicted octanol–water partition coefficient (Wildman–Crippen LogP) is 6.42. The zero-order chi connectivity index (χ0) is 37.7. The Morgan fingerprint density at radius 2 is 0.596 bits per heavy atom. The van der Waals surface area contributed by atoms with E-state index in [9.17, 15) is 9.59 Å². The fraction of sp³-hybridized carbons (Fsp3) is 0.949. The van der Waals surface area contributed by atoms with Crippen LogP contribution in [0.15, 0.2) is 0 Å². The molecular weight excluding hydrogens is 676 g/mol. The van der Waals surface area contributed by atoms with Crippen LogP contribution in [0.4, 0.5) is 0 Å². The van der Waals surface area contributed by atoms with Gasteiger partial charge in [0.25, 0.3) is 0 Å². The minimum atomic E-state index is -0.859. The van der Waals surface area contributed by atoms with Gasteiger partial charge in [0.1, 0.15) is 6.61 Å². The molecule has 310 valence electrons. The molecule has 0 bridgehead atoms. The lowest BCUT2D eigenvalue weighted by Gasteiger charge is -2.09. The van der Waals surface area contributed by atoms with Gasteiger partial charge in [0, 0.05) is 19.4 Å². The van der Waals surface area contributed by atoms with Gasteiger partial charge in [0.05, 0.1) is 112 Å². The van der Waals surface area contributed by atoms with Crippen molar-refractivity contribution in [3.05, 3.63) is 0 Å². The SMILES string of the molecule is CCCCCCCCCCCCCCCOCCOCCOCCOCCOCCOCCOCCOCCOCCOC(=O)CCCCC(=O)O. The topological polar surface area (TPSA) is 147 Å². The highest BCUT2D eigenvalue weighted by atomic mass is 16.6. The third-order valence-corrected chi connectivity index (χ3v) is 7.88. The first kappa shape index (κ1) is 50.6. The van der Waals surface area contributed by atoms with Gasteiger partial charge in [-0.1, -0.05) is 84.0 Å². The lowest BCUT2D eigenvalue weighted by atomic mass is 10.0. The molecule has 0 aromatic heterocycles. The summed E-state index contributed by atoms with van der Waals surface area (Å²) >= 11 is 0. The highest BCUT2D eigenvalue weighted by Gasteiger charge is 2.04. The molecule has 0 rings (SSSR count). The van der Waals surface area contributed by atoms with E-state index in [0.29, 0.717) is 119 Å². The van der Waals surface area contributed by atoms with Crippen molar-refractivity contribution >= 4 is 11.9 Å². The van der Waals surface area contributed by atoms with Gasteiger partial charge >= 0.3 is 11.9 Å². The average molecular weight is 753 g/mol. The summed E-state index contributed by atoms with van der Waals surface area (Å²) in [7, 11) is 0. The number of carbonyl (C=O) groups excluding carboxylic acids is 1. The number of hydrogen-bond donors (Lipinski definition) is 1. The summed E-state index contributed by atoms with van der Waals surface area (Å²) in [6.07, 6.45) is 19.0. The zero-order valence-corrected chi connectivity index (χ0v) is 32.8. The number of esters is 1. The fourth-order valence-corrected chi connectivity index (χ4v) is 4.92. The summed E-state index contributed by atoms with van der Waals surface area (Å²) in [4.78, 5) is 21.9. The molecule has 52 heavy (non-hydrogen) atoms. The number of ether oxygens (including phenoxy) is 10. The van der Waals surface area contributed by atoms with E-state index >= 15 is 0 Å². The summed E-state index contributed by atoms with van der Waals surface area (Å²) in [5, 5.41) is 8.56. The van der Waals surface area contributed by atoms with E-state index in [1.54, 1.807) is 0 Å². The Balaban J connectivity index is 3.09. The maximum Gasteiger partial charge on any atom is 0.305 e. The van der Waals surface area contributed by atoms with Crippen LogP contribution in [0.25, 0.3) is 0 Å². The molecule has 0 aliphatic heterocycles. The van der Waals surface area contributed by atoms with Crippen molar-refractivity contribution in [2.45, 2.75) is 116 Å². The van der Waals surface area contributed by atoms with Gasteiger partial charge in [-0.05, 0) is 19.3 Å². The largest absolute Gasteiger partial charge is 0.481 e. The molecule has 0 fully saturated rings. The lowest BCUT2D eigenvalue weighted by molar-refractivity contribution is -0.146. The van der Waals surface area contributed by atoms with Crippen LogP contribution in [0.1, 0.15) is 116 Å². The van der Waals surface area contributed by atoms with Gasteiger partial charge in [0.2, 0.25) is 0 Å². The van der Waals surface area contributed by atoms with Gasteiger partial charge in [-0.25, -0.2) is 0 Å². The monoisotopic (exact) mass is 753 g/mol. The van der Waals surface area contributed by atoms with E-state index in [4.69, 9.17) is 52.5 Å². The maximum absolute atomic E-state index is 11.5. The van der Waals surface area contributed by atoms with Crippen molar-refractivity contribution in [3.8, 4) is 0 Å². The van der Waals surface area contributed by atoms with Gasteiger partial charge in [-0.3, -0.25) is 9.59 Å². The third-order valence-electron chi connectivity index (χ3n) is 7.88. The summed E-state index contributed by atoms with van der Waals surface area (Å²) < 4.78 is 54.5. The molecule has 0 unspecified atom stereocenters. The minimum Gasteiger partial charge on any atom is -0.481 e. The minimum absolute atomic E-state index is 0.0636. The number of rotatable bonds is 46. The Morgan fingerprint density at radius 1 is 0.327 bits per heavy atom. The number of aliphatic carboxylic acids is 1. The molecule has 0 aliphatic rings. The number of carboxylic acid groups (broad SMARTS) is 1. The first-order valence-electron chi connectivity index (χ1n) is 20.2. The number of hydrogen-bond acceptors (Lipinski definition) is 12. The van der Waals surface area contributed by atoms with E-state index in [0.717, 1.165) is 13.0 Å². The Kier molecular flexibility index (Phi) is 44.5. The molecular formula is C39H76O13. The van der Waals surface area contributed by atoms with Crippen molar-refractivity contribution in [1.29, 1.82) is 0 Å². The van der Waals surface area contributed by atoms with Crippen molar-refractivity contribution < 1.29 is 62.1 Å². The zero-order valence-electron chi connectivity index (χ0n) is 32.8. The second kappa shape index (κ2) is 45.7. The molecule has 0 spiro atoms. The molecule has 13 nitrogen and oxygen atoms in total. The van der Waals surface area contributed by atoms with E-state index in [2.05, 4.69) is 6.92 Å². The molecule has 13 heteroatoms. The number of carboxylic acids is 1. The summed E-state index contributed by atoms with van der Waals surface area (Å²) in [6, 6.07) is 0. The number of carbonyl (C=O) groups is 2. The Morgan fingerprint density at radius 3 is 0.923 bits per heavy atom. The second-order valence-corrected chi connectivity index (χ2v) is 12.6. The van der Waals surface area contributed by atoms with Gasteiger partial charge in [-0.15, -0.1) is 0 Å². The first-order chi connectivity index (χ1) is 25.7. The maximum atomic E-state index is 11.5. The van der Waals surface area contributed by atoms with Crippen LogP contribution >= 0.6 is 0 Å². The van der Waals surface area contributed by atoms with E-state index < -0.39 is 5.97 Å². The standard InChI is InChI=1S/C39H76O13/c1-2-3-4-5-6-7-8-9-10-11-12-13-16-19-43-20-21-44-22-23-45-24-25-46-26-27-47-28-29-48-30-31-49-32-33-50-34-35-51-36-37-52-39(42)18-15-14-17-38(40)41/h2-37H2,1H3,(H,40,41). The third kappa shape index (κ3) is 46.6. The summed E-state index contributed by atoms with van der Waals surface area (Å²) in [6.45, 7) is 11.6. The quantitative estimate of drug-likeness (QED) is 0.0540. The molecule has 0 aromatic rings. The van der Waals surface area contributed by atoms with Crippen LogP contribution in [0.5, 0.6) is 0 Å². The van der Waals surface area contributed by atoms with Crippen LogP contribution in [-0.4, -0.2) is 143 Å². The van der Waals surface area contributed by atoms with Crippen LogP contribution in [0, 0.1) is 0 Å². The van der Waals surface area contributed by atoms with Crippen LogP contribution in [0.3, 0.4) is 0 Å². The van der Waals surface area contributed by atoms with Gasteiger partial charge in [-0.2, -0.15) is 0 Å². The van der Waals surface area contributed by atoms with Crippen molar-refractivity contribution in [2.75, 3.05) is 126 Å². The van der Waals surface area contributed by atoms with Crippen LogP contribution in [0.2, 0.25) is 0 Å². The Labute approximate surface area is 315 Å².